The second-order valence-electron chi connectivity index (χ2n) is 6.62. The van der Waals surface area contributed by atoms with Crippen LogP contribution in [0.15, 0.2) is 59.1 Å². The Morgan fingerprint density at radius 3 is 2.69 bits per heavy atom. The number of hydrogen-bond acceptors (Lipinski definition) is 7. The van der Waals surface area contributed by atoms with Crippen LogP contribution in [0.1, 0.15) is 10.4 Å². The van der Waals surface area contributed by atoms with Gasteiger partial charge >= 0.3 is 0 Å². The van der Waals surface area contributed by atoms with Crippen molar-refractivity contribution in [1.82, 2.24) is 25.1 Å². The Kier molecular flexibility index (Phi) is 6.50. The van der Waals surface area contributed by atoms with E-state index in [1.807, 2.05) is 24.3 Å². The van der Waals surface area contributed by atoms with Crippen LogP contribution in [0, 0.1) is 0 Å². The normalized spacial score (nSPS) is 10.7. The number of rotatable bonds is 8. The maximum absolute atomic E-state index is 12.3. The summed E-state index contributed by atoms with van der Waals surface area (Å²) in [4.78, 5) is 12.3. The highest BCUT2D eigenvalue weighted by molar-refractivity contribution is 9.10. The summed E-state index contributed by atoms with van der Waals surface area (Å²) in [6, 6.07) is 16.1. The Balaban J connectivity index is 1.48. The van der Waals surface area contributed by atoms with Crippen LogP contribution in [-0.2, 0) is 0 Å². The average Bonchev–Trinajstić information content (AvgIpc) is 3.24. The van der Waals surface area contributed by atoms with Gasteiger partial charge in [-0.05, 0) is 52.3 Å². The largest absolute Gasteiger partial charge is 0.497 e. The van der Waals surface area contributed by atoms with Gasteiger partial charge in [0, 0.05) is 10.5 Å². The van der Waals surface area contributed by atoms with Gasteiger partial charge in [-0.25, -0.2) is 0 Å². The highest BCUT2D eigenvalue weighted by Gasteiger charge is 2.16. The predicted octanol–water partition coefficient (Wildman–Crippen LogP) is 3.38. The van der Waals surface area contributed by atoms with E-state index >= 15 is 0 Å². The molecule has 0 atom stereocenters. The molecule has 2 aromatic heterocycles. The summed E-state index contributed by atoms with van der Waals surface area (Å²) in [6.07, 6.45) is 0. The van der Waals surface area contributed by atoms with E-state index in [-0.39, 0.29) is 12.5 Å². The fraction of sp³-hybridized carbons (Fsp3) is 0.182. The summed E-state index contributed by atoms with van der Waals surface area (Å²) in [7, 11) is 3.17. The van der Waals surface area contributed by atoms with E-state index in [0.29, 0.717) is 46.5 Å². The summed E-state index contributed by atoms with van der Waals surface area (Å²) in [5.74, 6) is 1.95. The molecule has 0 aliphatic carbocycles. The zero-order chi connectivity index (χ0) is 22.5. The number of ether oxygens (including phenoxy) is 3. The lowest BCUT2D eigenvalue weighted by atomic mass is 10.2. The topological polar surface area (TPSA) is 99.9 Å². The van der Waals surface area contributed by atoms with Crippen LogP contribution in [0.2, 0.25) is 0 Å². The zero-order valence-electron chi connectivity index (χ0n) is 17.4. The Morgan fingerprint density at radius 2 is 1.91 bits per heavy atom. The summed E-state index contributed by atoms with van der Waals surface area (Å²) < 4.78 is 18.8. The molecule has 0 saturated carbocycles. The first kappa shape index (κ1) is 21.6. The smallest absolute Gasteiger partial charge is 0.252 e. The Morgan fingerprint density at radius 1 is 1.06 bits per heavy atom. The average molecular weight is 498 g/mol. The first-order valence-corrected chi connectivity index (χ1v) is 10.5. The van der Waals surface area contributed by atoms with Crippen LogP contribution in [0.3, 0.4) is 0 Å². The Labute approximate surface area is 192 Å². The van der Waals surface area contributed by atoms with Crippen molar-refractivity contribution in [2.75, 3.05) is 27.4 Å². The molecule has 0 radical (unpaired) electrons. The molecule has 10 heteroatoms. The highest BCUT2D eigenvalue weighted by Crippen LogP contribution is 2.32. The summed E-state index contributed by atoms with van der Waals surface area (Å²) >= 11 is 3.37. The van der Waals surface area contributed by atoms with Crippen molar-refractivity contribution in [2.24, 2.45) is 0 Å². The lowest BCUT2D eigenvalue weighted by Gasteiger charge is -2.10. The van der Waals surface area contributed by atoms with Gasteiger partial charge in [0.05, 0.1) is 31.9 Å². The fourth-order valence-corrected chi connectivity index (χ4v) is 3.53. The predicted molar refractivity (Wildman–Crippen MR) is 121 cm³/mol. The molecule has 0 unspecified atom stereocenters. The number of carbonyl (C=O) groups excluding carboxylic acids is 1. The third kappa shape index (κ3) is 4.50. The molecule has 32 heavy (non-hydrogen) atoms. The van der Waals surface area contributed by atoms with Crippen molar-refractivity contribution in [2.45, 2.75) is 0 Å². The minimum absolute atomic E-state index is 0.185. The van der Waals surface area contributed by atoms with E-state index in [0.717, 1.165) is 4.47 Å². The standard InChI is InChI=1S/C22H20BrN5O4/c1-30-14-7-8-18(31-2)16(13-14)21-26-25-19-9-10-20(27-28(19)21)32-12-11-24-22(29)15-5-3-4-6-17(15)23/h3-10,13H,11-12H2,1-2H3,(H,24,29). The van der Waals surface area contributed by atoms with E-state index < -0.39 is 0 Å². The Hall–Kier alpha value is -3.66. The number of carbonyl (C=O) groups is 1. The van der Waals surface area contributed by atoms with Crippen molar-refractivity contribution in [1.29, 1.82) is 0 Å². The minimum Gasteiger partial charge on any atom is -0.497 e. The molecule has 0 bridgehead atoms. The number of nitrogens with zero attached hydrogens (tertiary/aromatic N) is 4. The molecule has 1 N–H and O–H groups in total. The van der Waals surface area contributed by atoms with Crippen LogP contribution in [0.25, 0.3) is 17.0 Å². The molecule has 1 amide bonds. The van der Waals surface area contributed by atoms with E-state index in [2.05, 4.69) is 36.5 Å². The molecule has 4 aromatic rings. The van der Waals surface area contributed by atoms with E-state index in [9.17, 15) is 4.79 Å². The van der Waals surface area contributed by atoms with Gasteiger partial charge in [0.25, 0.3) is 5.91 Å². The SMILES string of the molecule is COc1ccc(OC)c(-c2nnc3ccc(OCCNC(=O)c4ccccc4Br)nn23)c1. The van der Waals surface area contributed by atoms with Crippen molar-refractivity contribution in [3.63, 3.8) is 0 Å². The molecule has 0 aliphatic heterocycles. The first-order chi connectivity index (χ1) is 15.6. The van der Waals surface area contributed by atoms with Crippen molar-refractivity contribution in [3.8, 4) is 28.8 Å². The molecule has 0 aliphatic rings. The van der Waals surface area contributed by atoms with E-state index in [1.54, 1.807) is 49.1 Å². The second kappa shape index (κ2) is 9.65. The maximum Gasteiger partial charge on any atom is 0.252 e. The zero-order valence-corrected chi connectivity index (χ0v) is 19.0. The van der Waals surface area contributed by atoms with Crippen molar-refractivity contribution in [3.05, 3.63) is 64.6 Å². The summed E-state index contributed by atoms with van der Waals surface area (Å²) in [5, 5.41) is 15.7. The van der Waals surface area contributed by atoms with Crippen LogP contribution in [0.4, 0.5) is 0 Å². The molecule has 0 spiro atoms. The number of fused-ring (bicyclic) bond motifs is 1. The van der Waals surface area contributed by atoms with E-state index in [1.165, 1.54) is 0 Å². The number of hydrogen-bond donors (Lipinski definition) is 1. The number of methoxy groups -OCH3 is 2. The van der Waals surface area contributed by atoms with Gasteiger partial charge in [-0.2, -0.15) is 4.52 Å². The third-order valence-corrected chi connectivity index (χ3v) is 5.33. The molecule has 0 fully saturated rings. The summed E-state index contributed by atoms with van der Waals surface area (Å²) in [5.41, 5.74) is 1.80. The maximum atomic E-state index is 12.3. The number of benzene rings is 2. The summed E-state index contributed by atoms with van der Waals surface area (Å²) in [6.45, 7) is 0.563. The number of amides is 1. The van der Waals surface area contributed by atoms with E-state index in [4.69, 9.17) is 14.2 Å². The molecule has 9 nitrogen and oxygen atoms in total. The van der Waals surface area contributed by atoms with Gasteiger partial charge in [-0.1, -0.05) is 12.1 Å². The first-order valence-electron chi connectivity index (χ1n) is 9.71. The highest BCUT2D eigenvalue weighted by atomic mass is 79.9. The van der Waals surface area contributed by atoms with Gasteiger partial charge in [0.2, 0.25) is 5.88 Å². The minimum atomic E-state index is -0.185. The van der Waals surface area contributed by atoms with Gasteiger partial charge in [0.15, 0.2) is 11.5 Å². The second-order valence-corrected chi connectivity index (χ2v) is 7.47. The lowest BCUT2D eigenvalue weighted by Crippen LogP contribution is -2.28. The number of aromatic nitrogens is 4. The molecule has 0 saturated heterocycles. The monoisotopic (exact) mass is 497 g/mol. The van der Waals surface area contributed by atoms with Gasteiger partial charge in [-0.15, -0.1) is 15.3 Å². The van der Waals surface area contributed by atoms with Crippen LogP contribution >= 0.6 is 15.9 Å². The molecular formula is C22H20BrN5O4. The van der Waals surface area contributed by atoms with Crippen LogP contribution < -0.4 is 19.5 Å². The quantitative estimate of drug-likeness (QED) is 0.372. The molecule has 2 aromatic carbocycles. The fourth-order valence-electron chi connectivity index (χ4n) is 3.07. The lowest BCUT2D eigenvalue weighted by molar-refractivity contribution is 0.0945. The van der Waals surface area contributed by atoms with Crippen molar-refractivity contribution < 1.29 is 19.0 Å². The third-order valence-electron chi connectivity index (χ3n) is 4.64. The Bertz CT molecular complexity index is 1260. The molecular weight excluding hydrogens is 478 g/mol. The van der Waals surface area contributed by atoms with Crippen LogP contribution in [-0.4, -0.2) is 53.1 Å². The van der Waals surface area contributed by atoms with Crippen molar-refractivity contribution >= 4 is 27.5 Å². The number of nitrogens with one attached hydrogen (secondary N) is 1. The number of halogens is 1. The van der Waals surface area contributed by atoms with Gasteiger partial charge in [0.1, 0.15) is 18.1 Å². The van der Waals surface area contributed by atoms with Gasteiger partial charge in [-0.3, -0.25) is 4.79 Å². The van der Waals surface area contributed by atoms with Crippen LogP contribution in [0.5, 0.6) is 17.4 Å². The van der Waals surface area contributed by atoms with Gasteiger partial charge < -0.3 is 19.5 Å². The molecule has 4 rings (SSSR count). The molecule has 2 heterocycles. The molecule has 164 valence electrons.